The van der Waals surface area contributed by atoms with Gasteiger partial charge in [0, 0.05) is 11.8 Å². The molecule has 0 aliphatic carbocycles. The van der Waals surface area contributed by atoms with E-state index in [1.54, 1.807) is 13.3 Å². The van der Waals surface area contributed by atoms with Crippen molar-refractivity contribution in [2.75, 3.05) is 7.11 Å². The van der Waals surface area contributed by atoms with Gasteiger partial charge in [0.05, 0.1) is 23.8 Å². The van der Waals surface area contributed by atoms with Gasteiger partial charge in [-0.05, 0) is 36.4 Å². The summed E-state index contributed by atoms with van der Waals surface area (Å²) in [5.74, 6) is 1.70. The second-order valence-electron chi connectivity index (χ2n) is 3.92. The lowest BCUT2D eigenvalue weighted by Crippen LogP contribution is -1.89. The summed E-state index contributed by atoms with van der Waals surface area (Å²) in [4.78, 5) is 4.42. The number of hydrogen-bond donors (Lipinski definition) is 0. The van der Waals surface area contributed by atoms with E-state index < -0.39 is 0 Å². The molecule has 0 aliphatic rings. The van der Waals surface area contributed by atoms with Crippen molar-refractivity contribution in [3.63, 3.8) is 0 Å². The molecule has 3 aromatic rings. The van der Waals surface area contributed by atoms with Crippen LogP contribution >= 0.6 is 11.6 Å². The normalized spacial score (nSPS) is 10.8. The molecule has 18 heavy (non-hydrogen) atoms. The lowest BCUT2D eigenvalue weighted by Gasteiger charge is -2.03. The van der Waals surface area contributed by atoms with Gasteiger partial charge in [-0.15, -0.1) is 0 Å². The van der Waals surface area contributed by atoms with Gasteiger partial charge in [-0.2, -0.15) is 0 Å². The minimum absolute atomic E-state index is 0.699. The monoisotopic (exact) mass is 258 g/mol. The second kappa shape index (κ2) is 4.35. The summed E-state index contributed by atoms with van der Waals surface area (Å²) in [7, 11) is 1.65. The molecular formula is C14H11ClN2O. The highest BCUT2D eigenvalue weighted by Crippen LogP contribution is 2.25. The summed E-state index contributed by atoms with van der Waals surface area (Å²) in [6.07, 6.45) is 3.73. The number of hydrogen-bond acceptors (Lipinski definition) is 2. The van der Waals surface area contributed by atoms with Crippen molar-refractivity contribution in [2.45, 2.75) is 0 Å². The number of imidazole rings is 1. The number of aromatic nitrogens is 2. The maximum absolute atomic E-state index is 6.12. The Balaban J connectivity index is 2.16. The number of halogens is 1. The lowest BCUT2D eigenvalue weighted by molar-refractivity contribution is 0.415. The molecule has 4 heteroatoms. The van der Waals surface area contributed by atoms with Gasteiger partial charge in [-0.1, -0.05) is 11.6 Å². The highest BCUT2D eigenvalue weighted by atomic mass is 35.5. The Hall–Kier alpha value is -2.00. The van der Waals surface area contributed by atoms with E-state index in [9.17, 15) is 0 Å². The molecule has 0 fully saturated rings. The Labute approximate surface area is 110 Å². The van der Waals surface area contributed by atoms with Crippen LogP contribution in [-0.2, 0) is 0 Å². The molecule has 1 aromatic carbocycles. The van der Waals surface area contributed by atoms with Gasteiger partial charge in [-0.25, -0.2) is 4.98 Å². The molecule has 0 saturated carbocycles. The third kappa shape index (κ3) is 1.73. The van der Waals surface area contributed by atoms with E-state index in [-0.39, 0.29) is 0 Å². The van der Waals surface area contributed by atoms with E-state index in [1.807, 2.05) is 47.0 Å². The van der Waals surface area contributed by atoms with Gasteiger partial charge in [0.15, 0.2) is 0 Å². The SMILES string of the molecule is COc1ccc(-c2ncc3c(Cl)cccn23)cc1. The third-order valence-corrected chi connectivity index (χ3v) is 3.19. The van der Waals surface area contributed by atoms with Crippen LogP contribution in [0.25, 0.3) is 16.9 Å². The molecular weight excluding hydrogens is 248 g/mol. The minimum Gasteiger partial charge on any atom is -0.497 e. The van der Waals surface area contributed by atoms with Crippen molar-refractivity contribution in [3.05, 3.63) is 53.8 Å². The zero-order valence-electron chi connectivity index (χ0n) is 9.80. The van der Waals surface area contributed by atoms with Gasteiger partial charge in [0.25, 0.3) is 0 Å². The quantitative estimate of drug-likeness (QED) is 0.701. The van der Waals surface area contributed by atoms with Gasteiger partial charge in [-0.3, -0.25) is 4.40 Å². The van der Waals surface area contributed by atoms with Crippen molar-refractivity contribution in [2.24, 2.45) is 0 Å². The molecule has 0 aliphatic heterocycles. The number of benzene rings is 1. The first-order valence-electron chi connectivity index (χ1n) is 5.55. The van der Waals surface area contributed by atoms with Crippen LogP contribution in [0.2, 0.25) is 5.02 Å². The van der Waals surface area contributed by atoms with Crippen molar-refractivity contribution in [1.82, 2.24) is 9.38 Å². The highest BCUT2D eigenvalue weighted by molar-refractivity contribution is 6.33. The van der Waals surface area contributed by atoms with E-state index in [0.717, 1.165) is 22.7 Å². The lowest BCUT2D eigenvalue weighted by atomic mass is 10.2. The third-order valence-electron chi connectivity index (χ3n) is 2.87. The molecule has 0 bridgehead atoms. The Bertz CT molecular complexity index is 689. The largest absolute Gasteiger partial charge is 0.497 e. The molecule has 0 N–H and O–H groups in total. The predicted octanol–water partition coefficient (Wildman–Crippen LogP) is 3.66. The summed E-state index contributed by atoms with van der Waals surface area (Å²) >= 11 is 6.12. The van der Waals surface area contributed by atoms with Gasteiger partial charge in [0.1, 0.15) is 11.6 Å². The molecule has 90 valence electrons. The van der Waals surface area contributed by atoms with Crippen molar-refractivity contribution < 1.29 is 4.74 Å². The molecule has 3 rings (SSSR count). The number of nitrogens with zero attached hydrogens (tertiary/aromatic N) is 2. The maximum Gasteiger partial charge on any atom is 0.144 e. The maximum atomic E-state index is 6.12. The molecule has 0 radical (unpaired) electrons. The van der Waals surface area contributed by atoms with Crippen LogP contribution in [0.3, 0.4) is 0 Å². The minimum atomic E-state index is 0.699. The number of rotatable bonds is 2. The van der Waals surface area contributed by atoms with Crippen molar-refractivity contribution in [3.8, 4) is 17.1 Å². The number of pyridine rings is 1. The van der Waals surface area contributed by atoms with E-state index >= 15 is 0 Å². The molecule has 0 atom stereocenters. The Morgan fingerprint density at radius 1 is 1.17 bits per heavy atom. The molecule has 0 saturated heterocycles. The Morgan fingerprint density at radius 2 is 1.94 bits per heavy atom. The Morgan fingerprint density at radius 3 is 2.67 bits per heavy atom. The summed E-state index contributed by atoms with van der Waals surface area (Å²) in [5, 5.41) is 0.699. The standard InChI is InChI=1S/C14H11ClN2O/c1-18-11-6-4-10(5-7-11)14-16-9-13-12(15)3-2-8-17(13)14/h2-9H,1H3. The number of methoxy groups -OCH3 is 1. The topological polar surface area (TPSA) is 26.5 Å². The van der Waals surface area contributed by atoms with Gasteiger partial charge in [0.2, 0.25) is 0 Å². The fraction of sp³-hybridized carbons (Fsp3) is 0.0714. The average molecular weight is 259 g/mol. The number of fused-ring (bicyclic) bond motifs is 1. The molecule has 0 spiro atoms. The van der Waals surface area contributed by atoms with E-state index in [0.29, 0.717) is 5.02 Å². The average Bonchev–Trinajstić information content (AvgIpc) is 2.84. The van der Waals surface area contributed by atoms with Crippen molar-refractivity contribution in [1.29, 1.82) is 0 Å². The van der Waals surface area contributed by atoms with E-state index in [1.165, 1.54) is 0 Å². The fourth-order valence-electron chi connectivity index (χ4n) is 1.94. The smallest absolute Gasteiger partial charge is 0.144 e. The highest BCUT2D eigenvalue weighted by Gasteiger charge is 2.08. The van der Waals surface area contributed by atoms with Crippen LogP contribution in [-0.4, -0.2) is 16.5 Å². The Kier molecular flexibility index (Phi) is 2.68. The van der Waals surface area contributed by atoms with Crippen LogP contribution in [0.4, 0.5) is 0 Å². The first kappa shape index (κ1) is 11.1. The first-order chi connectivity index (χ1) is 8.79. The summed E-state index contributed by atoms with van der Waals surface area (Å²) in [6.45, 7) is 0. The predicted molar refractivity (Wildman–Crippen MR) is 72.2 cm³/mol. The first-order valence-corrected chi connectivity index (χ1v) is 5.93. The van der Waals surface area contributed by atoms with Gasteiger partial charge < -0.3 is 4.74 Å². The van der Waals surface area contributed by atoms with Crippen molar-refractivity contribution >= 4 is 17.1 Å². The van der Waals surface area contributed by atoms with Crippen LogP contribution in [0.1, 0.15) is 0 Å². The molecule has 0 amide bonds. The van der Waals surface area contributed by atoms with Gasteiger partial charge >= 0.3 is 0 Å². The summed E-state index contributed by atoms with van der Waals surface area (Å²) < 4.78 is 7.12. The molecule has 2 heterocycles. The zero-order chi connectivity index (χ0) is 12.5. The van der Waals surface area contributed by atoms with Crippen LogP contribution in [0, 0.1) is 0 Å². The summed E-state index contributed by atoms with van der Waals surface area (Å²) in [5.41, 5.74) is 1.93. The molecule has 2 aromatic heterocycles. The number of ether oxygens (including phenoxy) is 1. The summed E-state index contributed by atoms with van der Waals surface area (Å²) in [6, 6.07) is 11.6. The zero-order valence-corrected chi connectivity index (χ0v) is 10.6. The van der Waals surface area contributed by atoms with Crippen LogP contribution < -0.4 is 4.74 Å². The van der Waals surface area contributed by atoms with Crippen LogP contribution in [0.15, 0.2) is 48.8 Å². The van der Waals surface area contributed by atoms with Crippen LogP contribution in [0.5, 0.6) is 5.75 Å². The van der Waals surface area contributed by atoms with E-state index in [4.69, 9.17) is 16.3 Å². The molecule has 0 unspecified atom stereocenters. The fourth-order valence-corrected chi connectivity index (χ4v) is 2.15. The van der Waals surface area contributed by atoms with E-state index in [2.05, 4.69) is 4.98 Å². The molecule has 3 nitrogen and oxygen atoms in total. The second-order valence-corrected chi connectivity index (χ2v) is 4.33.